The lowest BCUT2D eigenvalue weighted by Crippen LogP contribution is -1.98. The molecule has 5 heteroatoms. The van der Waals surface area contributed by atoms with E-state index in [-0.39, 0.29) is 0 Å². The highest BCUT2D eigenvalue weighted by Crippen LogP contribution is 2.29. The van der Waals surface area contributed by atoms with Crippen LogP contribution in [0.3, 0.4) is 0 Å². The summed E-state index contributed by atoms with van der Waals surface area (Å²) < 4.78 is 2.96. The van der Waals surface area contributed by atoms with Crippen LogP contribution in [0.25, 0.3) is 11.4 Å². The summed E-state index contributed by atoms with van der Waals surface area (Å²) in [6, 6.07) is 6.07. The molecule has 0 saturated carbocycles. The van der Waals surface area contributed by atoms with Gasteiger partial charge in [0.15, 0.2) is 5.82 Å². The first-order valence-corrected chi connectivity index (χ1v) is 6.17. The molecule has 84 valence electrons. The van der Waals surface area contributed by atoms with Crippen molar-refractivity contribution >= 4 is 27.5 Å². The van der Waals surface area contributed by atoms with E-state index in [1.165, 1.54) is 5.56 Å². The van der Waals surface area contributed by atoms with E-state index in [9.17, 15) is 0 Å². The van der Waals surface area contributed by atoms with Crippen molar-refractivity contribution in [1.29, 1.82) is 0 Å². The Morgan fingerprint density at radius 3 is 2.75 bits per heavy atom. The Morgan fingerprint density at radius 2 is 2.12 bits per heavy atom. The van der Waals surface area contributed by atoms with Gasteiger partial charge >= 0.3 is 0 Å². The van der Waals surface area contributed by atoms with Gasteiger partial charge in [0.1, 0.15) is 5.82 Å². The van der Waals surface area contributed by atoms with Gasteiger partial charge in [-0.15, -0.1) is 21.8 Å². The number of nitrogens with zero attached hydrogens (tertiary/aromatic N) is 3. The second kappa shape index (κ2) is 4.55. The van der Waals surface area contributed by atoms with E-state index in [0.717, 1.165) is 21.7 Å². The van der Waals surface area contributed by atoms with Crippen molar-refractivity contribution in [1.82, 2.24) is 14.8 Å². The Bertz CT molecular complexity index is 522. The maximum atomic E-state index is 5.77. The van der Waals surface area contributed by atoms with Crippen LogP contribution in [-0.2, 0) is 12.9 Å². The number of aryl methyl sites for hydroxylation is 1. The maximum absolute atomic E-state index is 5.77. The van der Waals surface area contributed by atoms with E-state index in [4.69, 9.17) is 11.6 Å². The molecule has 0 bridgehead atoms. The van der Waals surface area contributed by atoms with Crippen LogP contribution >= 0.6 is 27.5 Å². The first-order valence-electron chi connectivity index (χ1n) is 4.85. The second-order valence-electron chi connectivity index (χ2n) is 3.57. The van der Waals surface area contributed by atoms with Crippen molar-refractivity contribution in [2.75, 3.05) is 0 Å². The van der Waals surface area contributed by atoms with Gasteiger partial charge in [-0.2, -0.15) is 0 Å². The quantitative estimate of drug-likeness (QED) is 0.797. The topological polar surface area (TPSA) is 30.7 Å². The van der Waals surface area contributed by atoms with Crippen molar-refractivity contribution in [3.63, 3.8) is 0 Å². The van der Waals surface area contributed by atoms with Gasteiger partial charge in [-0.3, -0.25) is 0 Å². The molecule has 3 nitrogen and oxygen atoms in total. The zero-order valence-electron chi connectivity index (χ0n) is 9.04. The third-order valence-electron chi connectivity index (χ3n) is 2.52. The standard InChI is InChI=1S/C11H11BrClN3/c1-7-4-3-5-8(10(7)12)11-15-14-9(6-13)16(11)2/h3-5H,6H2,1-2H3. The minimum absolute atomic E-state index is 0.368. The summed E-state index contributed by atoms with van der Waals surface area (Å²) in [6.07, 6.45) is 0. The minimum atomic E-state index is 0.368. The van der Waals surface area contributed by atoms with Crippen LogP contribution in [0.4, 0.5) is 0 Å². The molecule has 1 aromatic carbocycles. The van der Waals surface area contributed by atoms with Crippen molar-refractivity contribution in [2.45, 2.75) is 12.8 Å². The SMILES string of the molecule is Cc1cccc(-c2nnc(CCl)n2C)c1Br. The summed E-state index contributed by atoms with van der Waals surface area (Å²) in [7, 11) is 1.92. The van der Waals surface area contributed by atoms with Crippen molar-refractivity contribution < 1.29 is 0 Å². The Morgan fingerprint density at radius 1 is 1.38 bits per heavy atom. The van der Waals surface area contributed by atoms with Gasteiger partial charge in [0.25, 0.3) is 0 Å². The summed E-state index contributed by atoms with van der Waals surface area (Å²) in [5, 5.41) is 8.20. The van der Waals surface area contributed by atoms with Gasteiger partial charge in [-0.05, 0) is 28.4 Å². The number of hydrogen-bond donors (Lipinski definition) is 0. The lowest BCUT2D eigenvalue weighted by molar-refractivity contribution is 0.853. The molecule has 0 aliphatic carbocycles. The number of alkyl halides is 1. The summed E-state index contributed by atoms with van der Waals surface area (Å²) in [5.41, 5.74) is 2.21. The predicted molar refractivity (Wildman–Crippen MR) is 68.4 cm³/mol. The fourth-order valence-corrected chi connectivity index (χ4v) is 2.21. The average Bonchev–Trinajstić information content (AvgIpc) is 2.64. The van der Waals surface area contributed by atoms with Crippen LogP contribution in [0.1, 0.15) is 11.4 Å². The summed E-state index contributed by atoms with van der Waals surface area (Å²) in [4.78, 5) is 0. The highest BCUT2D eigenvalue weighted by molar-refractivity contribution is 9.10. The molecule has 0 aliphatic heterocycles. The second-order valence-corrected chi connectivity index (χ2v) is 4.63. The summed E-state index contributed by atoms with van der Waals surface area (Å²) in [6.45, 7) is 2.05. The number of halogens is 2. The van der Waals surface area contributed by atoms with Crippen LogP contribution in [0.15, 0.2) is 22.7 Å². The monoisotopic (exact) mass is 299 g/mol. The van der Waals surface area contributed by atoms with Gasteiger partial charge < -0.3 is 4.57 Å². The Balaban J connectivity index is 2.59. The van der Waals surface area contributed by atoms with Crippen LogP contribution in [-0.4, -0.2) is 14.8 Å². The molecule has 1 heterocycles. The van der Waals surface area contributed by atoms with Crippen LogP contribution < -0.4 is 0 Å². The molecule has 0 aliphatic rings. The minimum Gasteiger partial charge on any atom is -0.313 e. The smallest absolute Gasteiger partial charge is 0.164 e. The Kier molecular flexibility index (Phi) is 3.30. The fraction of sp³-hybridized carbons (Fsp3) is 0.273. The molecule has 16 heavy (non-hydrogen) atoms. The van der Waals surface area contributed by atoms with Gasteiger partial charge in [0, 0.05) is 17.1 Å². The van der Waals surface area contributed by atoms with Crippen LogP contribution in [0.2, 0.25) is 0 Å². The average molecular weight is 301 g/mol. The highest BCUT2D eigenvalue weighted by atomic mass is 79.9. The van der Waals surface area contributed by atoms with Gasteiger partial charge in [0.05, 0.1) is 5.88 Å². The lowest BCUT2D eigenvalue weighted by atomic mass is 10.1. The Hall–Kier alpha value is -0.870. The van der Waals surface area contributed by atoms with Crippen molar-refractivity contribution in [3.05, 3.63) is 34.1 Å². The van der Waals surface area contributed by atoms with Gasteiger partial charge in [0.2, 0.25) is 0 Å². The van der Waals surface area contributed by atoms with E-state index >= 15 is 0 Å². The Labute approximate surface area is 108 Å². The van der Waals surface area contributed by atoms with Crippen molar-refractivity contribution in [3.8, 4) is 11.4 Å². The van der Waals surface area contributed by atoms with E-state index < -0.39 is 0 Å². The lowest BCUT2D eigenvalue weighted by Gasteiger charge is -2.06. The highest BCUT2D eigenvalue weighted by Gasteiger charge is 2.13. The largest absolute Gasteiger partial charge is 0.313 e. The number of hydrogen-bond acceptors (Lipinski definition) is 2. The summed E-state index contributed by atoms with van der Waals surface area (Å²) in [5.74, 6) is 1.96. The molecule has 0 amide bonds. The maximum Gasteiger partial charge on any atom is 0.164 e. The third-order valence-corrected chi connectivity index (χ3v) is 3.81. The first kappa shape index (κ1) is 11.6. The first-order chi connectivity index (χ1) is 7.65. The molecule has 0 N–H and O–H groups in total. The van der Waals surface area contributed by atoms with E-state index in [1.807, 2.05) is 36.7 Å². The molecule has 0 unspecified atom stereocenters. The zero-order chi connectivity index (χ0) is 11.7. The van der Waals surface area contributed by atoms with E-state index in [2.05, 4.69) is 26.1 Å². The van der Waals surface area contributed by atoms with Gasteiger partial charge in [-0.1, -0.05) is 18.2 Å². The predicted octanol–water partition coefficient (Wildman–Crippen LogP) is 3.29. The number of benzene rings is 1. The molecule has 1 aromatic heterocycles. The molecule has 0 saturated heterocycles. The van der Waals surface area contributed by atoms with E-state index in [0.29, 0.717) is 5.88 Å². The van der Waals surface area contributed by atoms with Crippen LogP contribution in [0.5, 0.6) is 0 Å². The van der Waals surface area contributed by atoms with Gasteiger partial charge in [-0.25, -0.2) is 0 Å². The number of aromatic nitrogens is 3. The third kappa shape index (κ3) is 1.87. The number of rotatable bonds is 2. The van der Waals surface area contributed by atoms with Crippen molar-refractivity contribution in [2.24, 2.45) is 7.05 Å². The molecule has 0 radical (unpaired) electrons. The van der Waals surface area contributed by atoms with E-state index in [1.54, 1.807) is 0 Å². The molecular formula is C11H11BrClN3. The van der Waals surface area contributed by atoms with Crippen LogP contribution in [0, 0.1) is 6.92 Å². The fourth-order valence-electron chi connectivity index (χ4n) is 1.53. The molecule has 0 fully saturated rings. The normalized spacial score (nSPS) is 10.8. The molecule has 2 rings (SSSR count). The molecule has 0 atom stereocenters. The molecule has 2 aromatic rings. The summed E-state index contributed by atoms with van der Waals surface area (Å²) >= 11 is 9.34. The molecule has 0 spiro atoms. The molecular weight excluding hydrogens is 289 g/mol. The zero-order valence-corrected chi connectivity index (χ0v) is 11.4.